The van der Waals surface area contributed by atoms with Crippen molar-refractivity contribution in [2.45, 2.75) is 6.42 Å². The lowest BCUT2D eigenvalue weighted by atomic mass is 10.1. The predicted octanol–water partition coefficient (Wildman–Crippen LogP) is 2.33. The van der Waals surface area contributed by atoms with E-state index < -0.39 is 0 Å². The van der Waals surface area contributed by atoms with E-state index in [0.29, 0.717) is 45.7 Å². The summed E-state index contributed by atoms with van der Waals surface area (Å²) < 4.78 is 13.2. The zero-order chi connectivity index (χ0) is 19.8. The number of benzene rings is 2. The van der Waals surface area contributed by atoms with Crippen molar-refractivity contribution in [1.29, 1.82) is 0 Å². The average molecular weight is 384 g/mol. The molecule has 3 rings (SSSR count). The van der Waals surface area contributed by atoms with Gasteiger partial charge in [0.1, 0.15) is 5.82 Å². The molecule has 0 bridgehead atoms. The number of urea groups is 1. The molecule has 0 atom stereocenters. The number of rotatable bonds is 6. The van der Waals surface area contributed by atoms with Crippen molar-refractivity contribution in [2.24, 2.45) is 0 Å². The third-order valence-electron chi connectivity index (χ3n) is 4.66. The highest BCUT2D eigenvalue weighted by atomic mass is 19.1. The molecule has 1 aliphatic rings. The fourth-order valence-electron chi connectivity index (χ4n) is 3.15. The highest BCUT2D eigenvalue weighted by molar-refractivity contribution is 5.92. The van der Waals surface area contributed by atoms with Crippen molar-refractivity contribution in [3.63, 3.8) is 0 Å². The molecule has 0 aromatic heterocycles. The molecular formula is C21H25FN4O2. The zero-order valence-corrected chi connectivity index (χ0v) is 15.7. The normalized spacial score (nSPS) is 14.5. The van der Waals surface area contributed by atoms with Crippen LogP contribution >= 0.6 is 0 Å². The maximum atomic E-state index is 13.2. The largest absolute Gasteiger partial charge is 0.338 e. The van der Waals surface area contributed by atoms with Gasteiger partial charge in [0.25, 0.3) is 0 Å². The van der Waals surface area contributed by atoms with Crippen LogP contribution < -0.4 is 10.6 Å². The maximum absolute atomic E-state index is 13.2. The molecule has 3 amide bonds. The molecule has 1 heterocycles. The zero-order valence-electron chi connectivity index (χ0n) is 15.7. The first-order valence-corrected chi connectivity index (χ1v) is 9.44. The molecule has 1 fully saturated rings. The number of nitrogens with one attached hydrogen (secondary N) is 2. The second kappa shape index (κ2) is 9.85. The van der Waals surface area contributed by atoms with Crippen molar-refractivity contribution in [3.05, 3.63) is 66.0 Å². The van der Waals surface area contributed by atoms with Crippen molar-refractivity contribution in [1.82, 2.24) is 15.1 Å². The second-order valence-corrected chi connectivity index (χ2v) is 6.79. The molecule has 2 aromatic carbocycles. The number of carbonyl (C=O) groups is 2. The highest BCUT2D eigenvalue weighted by Crippen LogP contribution is 2.07. The molecule has 148 valence electrons. The Morgan fingerprint density at radius 3 is 2.43 bits per heavy atom. The van der Waals surface area contributed by atoms with E-state index in [2.05, 4.69) is 10.6 Å². The Balaban J connectivity index is 1.35. The monoisotopic (exact) mass is 384 g/mol. The molecule has 2 N–H and O–H groups in total. The van der Waals surface area contributed by atoms with Gasteiger partial charge in [-0.15, -0.1) is 0 Å². The number of hydrogen-bond acceptors (Lipinski definition) is 3. The predicted molar refractivity (Wildman–Crippen MR) is 107 cm³/mol. The van der Waals surface area contributed by atoms with Crippen LogP contribution in [0.3, 0.4) is 0 Å². The Labute approximate surface area is 164 Å². The van der Waals surface area contributed by atoms with E-state index in [1.54, 1.807) is 11.0 Å². The summed E-state index contributed by atoms with van der Waals surface area (Å²) in [7, 11) is 0. The number of para-hydroxylation sites is 1. The molecule has 7 heteroatoms. The van der Waals surface area contributed by atoms with E-state index in [4.69, 9.17) is 0 Å². The van der Waals surface area contributed by atoms with Crippen molar-refractivity contribution >= 4 is 17.6 Å². The molecule has 0 radical (unpaired) electrons. The first-order valence-electron chi connectivity index (χ1n) is 9.44. The Kier molecular flexibility index (Phi) is 6.97. The van der Waals surface area contributed by atoms with E-state index in [1.165, 1.54) is 12.1 Å². The minimum absolute atomic E-state index is 0.0563. The van der Waals surface area contributed by atoms with Gasteiger partial charge in [-0.2, -0.15) is 0 Å². The third kappa shape index (κ3) is 6.06. The maximum Gasteiger partial charge on any atom is 0.317 e. The number of nitrogens with zero attached hydrogens (tertiary/aromatic N) is 2. The van der Waals surface area contributed by atoms with Gasteiger partial charge >= 0.3 is 6.03 Å². The molecule has 6 nitrogen and oxygen atoms in total. The summed E-state index contributed by atoms with van der Waals surface area (Å²) >= 11 is 0. The van der Waals surface area contributed by atoms with Crippen LogP contribution in [0.4, 0.5) is 14.9 Å². The van der Waals surface area contributed by atoms with Gasteiger partial charge in [-0.1, -0.05) is 30.3 Å². The third-order valence-corrected chi connectivity index (χ3v) is 4.66. The molecule has 1 saturated heterocycles. The fourth-order valence-corrected chi connectivity index (χ4v) is 3.15. The number of carbonyl (C=O) groups excluding carboxylic acids is 2. The van der Waals surface area contributed by atoms with Gasteiger partial charge in [-0.25, -0.2) is 9.18 Å². The molecule has 0 aliphatic carbocycles. The first-order chi connectivity index (χ1) is 13.6. The molecular weight excluding hydrogens is 359 g/mol. The summed E-state index contributed by atoms with van der Waals surface area (Å²) in [5, 5.41) is 5.75. The van der Waals surface area contributed by atoms with E-state index in [9.17, 15) is 14.0 Å². The number of halogens is 1. The Bertz CT molecular complexity index is 792. The summed E-state index contributed by atoms with van der Waals surface area (Å²) in [5.74, 6) is -0.324. The Morgan fingerprint density at radius 2 is 1.71 bits per heavy atom. The molecule has 2 aromatic rings. The SMILES string of the molecule is O=C(CN1CCN(C(=O)NCCc2cccc(F)c2)CC1)Nc1ccccc1. The smallest absolute Gasteiger partial charge is 0.317 e. The summed E-state index contributed by atoms with van der Waals surface area (Å²) in [5.41, 5.74) is 1.64. The number of anilines is 1. The Morgan fingerprint density at radius 1 is 0.964 bits per heavy atom. The first kappa shape index (κ1) is 19.8. The van der Waals surface area contributed by atoms with Crippen LogP contribution in [0.25, 0.3) is 0 Å². The molecule has 0 unspecified atom stereocenters. The van der Waals surface area contributed by atoms with Gasteiger partial charge < -0.3 is 15.5 Å². The number of piperazine rings is 1. The minimum atomic E-state index is -0.267. The summed E-state index contributed by atoms with van der Waals surface area (Å²) in [6.45, 7) is 3.22. The van der Waals surface area contributed by atoms with Gasteiger partial charge in [-0.3, -0.25) is 9.69 Å². The van der Waals surface area contributed by atoms with E-state index >= 15 is 0 Å². The quantitative estimate of drug-likeness (QED) is 0.804. The van der Waals surface area contributed by atoms with Crippen molar-refractivity contribution in [2.75, 3.05) is 44.6 Å². The van der Waals surface area contributed by atoms with Crippen LogP contribution in [-0.2, 0) is 11.2 Å². The fraction of sp³-hybridized carbons (Fsp3) is 0.333. The van der Waals surface area contributed by atoms with Gasteiger partial charge in [0.05, 0.1) is 6.54 Å². The van der Waals surface area contributed by atoms with Crippen LogP contribution in [0.1, 0.15) is 5.56 Å². The minimum Gasteiger partial charge on any atom is -0.338 e. The molecule has 0 saturated carbocycles. The van der Waals surface area contributed by atoms with Crippen LogP contribution in [0.5, 0.6) is 0 Å². The Hall–Kier alpha value is -2.93. The topological polar surface area (TPSA) is 64.7 Å². The molecule has 28 heavy (non-hydrogen) atoms. The van der Waals surface area contributed by atoms with Gasteiger partial charge in [0, 0.05) is 38.4 Å². The van der Waals surface area contributed by atoms with Crippen LogP contribution in [-0.4, -0.2) is 61.0 Å². The highest BCUT2D eigenvalue weighted by Gasteiger charge is 2.22. The number of amides is 3. The summed E-state index contributed by atoms with van der Waals surface area (Å²) in [4.78, 5) is 28.2. The summed E-state index contributed by atoms with van der Waals surface area (Å²) in [6.07, 6.45) is 0.586. The lowest BCUT2D eigenvalue weighted by Crippen LogP contribution is -2.53. The number of hydrogen-bond donors (Lipinski definition) is 2. The van der Waals surface area contributed by atoms with Crippen LogP contribution in [0.15, 0.2) is 54.6 Å². The summed E-state index contributed by atoms with van der Waals surface area (Å²) in [6, 6.07) is 15.6. The second-order valence-electron chi connectivity index (χ2n) is 6.79. The van der Waals surface area contributed by atoms with Crippen molar-refractivity contribution in [3.8, 4) is 0 Å². The van der Waals surface area contributed by atoms with E-state index in [-0.39, 0.29) is 17.8 Å². The lowest BCUT2D eigenvalue weighted by molar-refractivity contribution is -0.117. The standard InChI is InChI=1S/C21H25FN4O2/c22-18-6-4-5-17(15-18)9-10-23-21(28)26-13-11-25(12-14-26)16-20(27)24-19-7-2-1-3-8-19/h1-8,15H,9-14,16H2,(H,23,28)(H,24,27). The molecule has 1 aliphatic heterocycles. The van der Waals surface area contributed by atoms with Crippen LogP contribution in [0, 0.1) is 5.82 Å². The van der Waals surface area contributed by atoms with E-state index in [1.807, 2.05) is 41.3 Å². The average Bonchev–Trinajstić information content (AvgIpc) is 2.69. The van der Waals surface area contributed by atoms with Crippen molar-refractivity contribution < 1.29 is 14.0 Å². The van der Waals surface area contributed by atoms with E-state index in [0.717, 1.165) is 11.3 Å². The van der Waals surface area contributed by atoms with Gasteiger partial charge in [0.15, 0.2) is 0 Å². The lowest BCUT2D eigenvalue weighted by Gasteiger charge is -2.34. The van der Waals surface area contributed by atoms with Crippen LogP contribution in [0.2, 0.25) is 0 Å². The van der Waals surface area contributed by atoms with Gasteiger partial charge in [0.2, 0.25) is 5.91 Å². The molecule has 0 spiro atoms. The van der Waals surface area contributed by atoms with Gasteiger partial charge in [-0.05, 0) is 36.2 Å².